The van der Waals surface area contributed by atoms with Crippen LogP contribution in [-0.4, -0.2) is 31.1 Å². The highest BCUT2D eigenvalue weighted by Gasteiger charge is 2.26. The molecule has 1 unspecified atom stereocenters. The van der Waals surface area contributed by atoms with Crippen molar-refractivity contribution in [2.75, 3.05) is 20.2 Å². The van der Waals surface area contributed by atoms with Crippen LogP contribution in [0.4, 0.5) is 0 Å². The topological polar surface area (TPSA) is 63.2 Å². The molecule has 0 spiro atoms. The van der Waals surface area contributed by atoms with E-state index in [2.05, 4.69) is 22.8 Å². The van der Waals surface area contributed by atoms with Crippen LogP contribution in [0.25, 0.3) is 10.6 Å². The summed E-state index contributed by atoms with van der Waals surface area (Å²) in [7, 11) is 1.68. The molecule has 0 bridgehead atoms. The molecular weight excluding hydrogens is 370 g/mol. The van der Waals surface area contributed by atoms with E-state index in [0.717, 1.165) is 60.8 Å². The molecule has 5 nitrogen and oxygen atoms in total. The largest absolute Gasteiger partial charge is 0.497 e. The number of aromatic nitrogens is 1. The quantitative estimate of drug-likeness (QED) is 0.768. The maximum atomic E-state index is 12.6. The van der Waals surface area contributed by atoms with Crippen molar-refractivity contribution in [2.24, 2.45) is 5.92 Å². The van der Waals surface area contributed by atoms with E-state index in [1.54, 1.807) is 18.4 Å². The molecule has 2 aromatic rings. The van der Waals surface area contributed by atoms with Crippen LogP contribution < -0.4 is 15.4 Å². The van der Waals surface area contributed by atoms with Crippen molar-refractivity contribution < 1.29 is 9.53 Å². The van der Waals surface area contributed by atoms with Crippen LogP contribution in [0.2, 0.25) is 0 Å². The van der Waals surface area contributed by atoms with Crippen molar-refractivity contribution in [3.63, 3.8) is 0 Å². The monoisotopic (exact) mass is 399 g/mol. The van der Waals surface area contributed by atoms with Gasteiger partial charge in [0.2, 0.25) is 5.91 Å². The predicted octanol–water partition coefficient (Wildman–Crippen LogP) is 4.09. The van der Waals surface area contributed by atoms with Crippen LogP contribution in [0, 0.1) is 5.92 Å². The first-order valence-corrected chi connectivity index (χ1v) is 11.2. The van der Waals surface area contributed by atoms with Gasteiger partial charge in [0, 0.05) is 12.0 Å². The Kier molecular flexibility index (Phi) is 6.27. The number of amides is 1. The van der Waals surface area contributed by atoms with E-state index < -0.39 is 0 Å². The van der Waals surface area contributed by atoms with E-state index in [1.807, 2.05) is 12.1 Å². The molecule has 1 saturated heterocycles. The molecule has 1 aromatic carbocycles. The standard InChI is InChI=1S/C22H29N3O2S/c1-27-17-8-6-16(7-9-17)22-25-19-4-2-3-18(21(19)28-22)24-20(26)10-5-15-11-13-23-14-12-15/h6-9,15,18,23H,2-5,10-14H2,1H3,(H,24,26). The number of carbonyl (C=O) groups excluding carboxylic acids is 1. The zero-order valence-electron chi connectivity index (χ0n) is 16.5. The molecule has 1 aliphatic carbocycles. The Labute approximate surface area is 170 Å². The minimum Gasteiger partial charge on any atom is -0.497 e. The van der Waals surface area contributed by atoms with Crippen molar-refractivity contribution in [2.45, 2.75) is 51.0 Å². The Morgan fingerprint density at radius 1 is 1.25 bits per heavy atom. The first-order valence-electron chi connectivity index (χ1n) is 10.4. The van der Waals surface area contributed by atoms with Gasteiger partial charge in [-0.2, -0.15) is 0 Å². The second-order valence-corrected chi connectivity index (χ2v) is 8.83. The highest BCUT2D eigenvalue weighted by molar-refractivity contribution is 7.15. The summed E-state index contributed by atoms with van der Waals surface area (Å²) in [5, 5.41) is 7.71. The second-order valence-electron chi connectivity index (χ2n) is 7.80. The summed E-state index contributed by atoms with van der Waals surface area (Å²) >= 11 is 1.72. The SMILES string of the molecule is COc1ccc(-c2nc3c(s2)C(NC(=O)CCC2CCNCC2)CCC3)cc1. The van der Waals surface area contributed by atoms with Gasteiger partial charge in [-0.15, -0.1) is 11.3 Å². The molecule has 28 heavy (non-hydrogen) atoms. The van der Waals surface area contributed by atoms with Crippen molar-refractivity contribution in [1.29, 1.82) is 0 Å². The molecule has 2 N–H and O–H groups in total. The number of thiazole rings is 1. The number of hydrogen-bond acceptors (Lipinski definition) is 5. The zero-order chi connectivity index (χ0) is 19.3. The van der Waals surface area contributed by atoms with E-state index in [9.17, 15) is 4.79 Å². The second kappa shape index (κ2) is 9.05. The highest BCUT2D eigenvalue weighted by atomic mass is 32.1. The smallest absolute Gasteiger partial charge is 0.220 e. The number of nitrogens with zero attached hydrogens (tertiary/aromatic N) is 1. The van der Waals surface area contributed by atoms with Gasteiger partial charge in [-0.05, 0) is 81.8 Å². The van der Waals surface area contributed by atoms with Crippen molar-refractivity contribution in [1.82, 2.24) is 15.6 Å². The number of ether oxygens (including phenoxy) is 1. The third-order valence-electron chi connectivity index (χ3n) is 5.86. The number of nitrogens with one attached hydrogen (secondary N) is 2. The minimum absolute atomic E-state index is 0.119. The highest BCUT2D eigenvalue weighted by Crippen LogP contribution is 2.38. The number of benzene rings is 1. The molecule has 1 aromatic heterocycles. The number of fused-ring (bicyclic) bond motifs is 1. The number of rotatable bonds is 6. The lowest BCUT2D eigenvalue weighted by Crippen LogP contribution is -2.32. The number of methoxy groups -OCH3 is 1. The summed E-state index contributed by atoms with van der Waals surface area (Å²) in [6.45, 7) is 2.18. The van der Waals surface area contributed by atoms with Crippen molar-refractivity contribution >= 4 is 17.2 Å². The molecule has 1 fully saturated rings. The van der Waals surface area contributed by atoms with Crippen LogP contribution in [-0.2, 0) is 11.2 Å². The van der Waals surface area contributed by atoms with E-state index in [-0.39, 0.29) is 11.9 Å². The summed E-state index contributed by atoms with van der Waals surface area (Å²) in [6, 6.07) is 8.16. The van der Waals surface area contributed by atoms with E-state index in [0.29, 0.717) is 12.3 Å². The lowest BCUT2D eigenvalue weighted by molar-refractivity contribution is -0.122. The van der Waals surface area contributed by atoms with Gasteiger partial charge in [0.25, 0.3) is 0 Å². The fourth-order valence-corrected chi connectivity index (χ4v) is 5.39. The van der Waals surface area contributed by atoms with Crippen LogP contribution in [0.3, 0.4) is 0 Å². The molecule has 0 radical (unpaired) electrons. The van der Waals surface area contributed by atoms with Gasteiger partial charge in [0.1, 0.15) is 10.8 Å². The maximum Gasteiger partial charge on any atom is 0.220 e. The van der Waals surface area contributed by atoms with Crippen LogP contribution in [0.5, 0.6) is 5.75 Å². The lowest BCUT2D eigenvalue weighted by atomic mass is 9.92. The summed E-state index contributed by atoms with van der Waals surface area (Å²) in [6.07, 6.45) is 7.13. The normalized spacial score (nSPS) is 19.8. The summed E-state index contributed by atoms with van der Waals surface area (Å²) < 4.78 is 5.25. The number of carbonyl (C=O) groups is 1. The van der Waals surface area contributed by atoms with E-state index in [4.69, 9.17) is 9.72 Å². The zero-order valence-corrected chi connectivity index (χ0v) is 17.3. The Morgan fingerprint density at radius 3 is 2.79 bits per heavy atom. The first kappa shape index (κ1) is 19.4. The lowest BCUT2D eigenvalue weighted by Gasteiger charge is -2.24. The number of aryl methyl sites for hydroxylation is 1. The molecule has 1 atom stereocenters. The van der Waals surface area contributed by atoms with Gasteiger partial charge in [-0.3, -0.25) is 4.79 Å². The van der Waals surface area contributed by atoms with Crippen LogP contribution in [0.1, 0.15) is 55.1 Å². The fourth-order valence-electron chi connectivity index (χ4n) is 4.19. The van der Waals surface area contributed by atoms with Gasteiger partial charge in [0.15, 0.2) is 0 Å². The Hall–Kier alpha value is -1.92. The molecule has 1 amide bonds. The maximum absolute atomic E-state index is 12.6. The molecule has 2 heterocycles. The van der Waals surface area contributed by atoms with Gasteiger partial charge in [-0.1, -0.05) is 0 Å². The van der Waals surface area contributed by atoms with E-state index in [1.165, 1.54) is 17.7 Å². The Morgan fingerprint density at radius 2 is 2.04 bits per heavy atom. The molecule has 0 saturated carbocycles. The molecule has 2 aliphatic rings. The van der Waals surface area contributed by atoms with Gasteiger partial charge in [-0.25, -0.2) is 4.98 Å². The predicted molar refractivity (Wildman–Crippen MR) is 113 cm³/mol. The minimum atomic E-state index is 0.119. The van der Waals surface area contributed by atoms with Crippen molar-refractivity contribution in [3.8, 4) is 16.3 Å². The molecule has 4 rings (SSSR count). The van der Waals surface area contributed by atoms with Crippen LogP contribution in [0.15, 0.2) is 24.3 Å². The molecular formula is C22H29N3O2S. The number of hydrogen-bond donors (Lipinski definition) is 2. The molecule has 6 heteroatoms. The average Bonchev–Trinajstić information content (AvgIpc) is 3.18. The molecule has 1 aliphatic heterocycles. The third-order valence-corrected chi connectivity index (χ3v) is 7.12. The Bertz CT molecular complexity index is 797. The van der Waals surface area contributed by atoms with Gasteiger partial charge in [0.05, 0.1) is 23.7 Å². The first-order chi connectivity index (χ1) is 13.7. The number of piperidine rings is 1. The van der Waals surface area contributed by atoms with Crippen molar-refractivity contribution in [3.05, 3.63) is 34.8 Å². The summed E-state index contributed by atoms with van der Waals surface area (Å²) in [5.74, 6) is 1.73. The Balaban J connectivity index is 1.40. The fraction of sp³-hybridized carbons (Fsp3) is 0.545. The third kappa shape index (κ3) is 4.55. The average molecular weight is 400 g/mol. The molecule has 150 valence electrons. The summed E-state index contributed by atoms with van der Waals surface area (Å²) in [4.78, 5) is 18.7. The van der Waals surface area contributed by atoms with Crippen LogP contribution >= 0.6 is 11.3 Å². The van der Waals surface area contributed by atoms with E-state index >= 15 is 0 Å². The summed E-state index contributed by atoms with van der Waals surface area (Å²) in [5.41, 5.74) is 2.27. The van der Waals surface area contributed by atoms with Gasteiger partial charge >= 0.3 is 0 Å². The van der Waals surface area contributed by atoms with Gasteiger partial charge < -0.3 is 15.4 Å².